The SMILES string of the molecule is Cn1cc(C(=O)N2CCCN(CC(F)F)CC2)cn1. The van der Waals surface area contributed by atoms with E-state index in [2.05, 4.69) is 5.10 Å². The largest absolute Gasteiger partial charge is 0.337 e. The summed E-state index contributed by atoms with van der Waals surface area (Å²) < 4.78 is 26.3. The van der Waals surface area contributed by atoms with Gasteiger partial charge in [0.15, 0.2) is 0 Å². The molecule has 0 spiro atoms. The number of carbonyl (C=O) groups is 1. The number of carbonyl (C=O) groups excluding carboxylic acids is 1. The van der Waals surface area contributed by atoms with E-state index < -0.39 is 6.43 Å². The van der Waals surface area contributed by atoms with Gasteiger partial charge in [-0.3, -0.25) is 14.4 Å². The highest BCUT2D eigenvalue weighted by Crippen LogP contribution is 2.09. The van der Waals surface area contributed by atoms with E-state index >= 15 is 0 Å². The Kier molecular flexibility index (Phi) is 4.47. The van der Waals surface area contributed by atoms with Crippen molar-refractivity contribution in [3.63, 3.8) is 0 Å². The fourth-order valence-corrected chi connectivity index (χ4v) is 2.27. The minimum atomic E-state index is -2.32. The summed E-state index contributed by atoms with van der Waals surface area (Å²) >= 11 is 0. The standard InChI is InChI=1S/C12H18F2N4O/c1-16-8-10(7-15-16)12(19)18-4-2-3-17(5-6-18)9-11(13)14/h7-8,11H,2-6,9H2,1H3. The lowest BCUT2D eigenvalue weighted by atomic mass is 10.3. The van der Waals surface area contributed by atoms with Crippen LogP contribution in [0.2, 0.25) is 0 Å². The van der Waals surface area contributed by atoms with E-state index in [1.54, 1.807) is 27.7 Å². The topological polar surface area (TPSA) is 41.4 Å². The van der Waals surface area contributed by atoms with Crippen molar-refractivity contribution < 1.29 is 13.6 Å². The molecule has 2 heterocycles. The lowest BCUT2D eigenvalue weighted by Crippen LogP contribution is -2.36. The third kappa shape index (κ3) is 3.73. The van der Waals surface area contributed by atoms with Gasteiger partial charge in [0, 0.05) is 39.4 Å². The number of hydrogen-bond donors (Lipinski definition) is 0. The van der Waals surface area contributed by atoms with Crippen LogP contribution in [-0.2, 0) is 7.05 Å². The van der Waals surface area contributed by atoms with Crippen molar-refractivity contribution in [2.24, 2.45) is 7.05 Å². The Balaban J connectivity index is 1.93. The van der Waals surface area contributed by atoms with Gasteiger partial charge in [-0.05, 0) is 6.42 Å². The Morgan fingerprint density at radius 2 is 2.16 bits per heavy atom. The van der Waals surface area contributed by atoms with Crippen LogP contribution in [0.15, 0.2) is 12.4 Å². The van der Waals surface area contributed by atoms with Gasteiger partial charge in [-0.2, -0.15) is 5.10 Å². The number of nitrogens with zero attached hydrogens (tertiary/aromatic N) is 4. The van der Waals surface area contributed by atoms with Crippen LogP contribution in [0.25, 0.3) is 0 Å². The minimum absolute atomic E-state index is 0.0769. The molecule has 0 radical (unpaired) electrons. The summed E-state index contributed by atoms with van der Waals surface area (Å²) in [5.74, 6) is -0.0769. The lowest BCUT2D eigenvalue weighted by molar-refractivity contribution is 0.0742. The maximum atomic E-state index is 12.3. The highest BCUT2D eigenvalue weighted by molar-refractivity contribution is 5.93. The summed E-state index contributed by atoms with van der Waals surface area (Å²) in [4.78, 5) is 15.6. The molecular weight excluding hydrogens is 254 g/mol. The molecule has 0 bridgehead atoms. The van der Waals surface area contributed by atoms with Crippen LogP contribution in [-0.4, -0.2) is 64.6 Å². The number of hydrogen-bond acceptors (Lipinski definition) is 3. The van der Waals surface area contributed by atoms with Gasteiger partial charge in [0.2, 0.25) is 0 Å². The van der Waals surface area contributed by atoms with E-state index in [9.17, 15) is 13.6 Å². The van der Waals surface area contributed by atoms with Gasteiger partial charge < -0.3 is 4.90 Å². The first-order chi connectivity index (χ1) is 9.06. The van der Waals surface area contributed by atoms with Gasteiger partial charge >= 0.3 is 0 Å². The molecule has 0 aromatic carbocycles. The minimum Gasteiger partial charge on any atom is -0.337 e. The molecule has 0 unspecified atom stereocenters. The summed E-state index contributed by atoms with van der Waals surface area (Å²) in [5.41, 5.74) is 0.546. The summed E-state index contributed by atoms with van der Waals surface area (Å²) in [6.45, 7) is 1.99. The Bertz CT molecular complexity index is 435. The van der Waals surface area contributed by atoms with Crippen LogP contribution in [0.5, 0.6) is 0 Å². The normalized spacial score (nSPS) is 17.8. The maximum Gasteiger partial charge on any atom is 0.257 e. The van der Waals surface area contributed by atoms with Crippen molar-refractivity contribution in [2.75, 3.05) is 32.7 Å². The smallest absolute Gasteiger partial charge is 0.257 e. The van der Waals surface area contributed by atoms with Gasteiger partial charge in [-0.25, -0.2) is 8.78 Å². The molecule has 19 heavy (non-hydrogen) atoms. The number of aromatic nitrogens is 2. The van der Waals surface area contributed by atoms with Gasteiger partial charge in [-0.1, -0.05) is 0 Å². The first kappa shape index (κ1) is 13.9. The van der Waals surface area contributed by atoms with Crippen molar-refractivity contribution in [1.82, 2.24) is 19.6 Å². The number of halogens is 2. The zero-order valence-corrected chi connectivity index (χ0v) is 10.9. The molecule has 1 fully saturated rings. The molecule has 0 atom stereocenters. The quantitative estimate of drug-likeness (QED) is 0.818. The first-order valence-corrected chi connectivity index (χ1v) is 6.34. The number of alkyl halides is 2. The molecule has 2 rings (SSSR count). The second-order valence-corrected chi connectivity index (χ2v) is 4.74. The summed E-state index contributed by atoms with van der Waals surface area (Å²) in [6, 6.07) is 0. The fraction of sp³-hybridized carbons (Fsp3) is 0.667. The molecule has 106 valence electrons. The first-order valence-electron chi connectivity index (χ1n) is 6.34. The van der Waals surface area contributed by atoms with Gasteiger partial charge in [0.25, 0.3) is 12.3 Å². The fourth-order valence-electron chi connectivity index (χ4n) is 2.27. The predicted molar refractivity (Wildman–Crippen MR) is 66.2 cm³/mol. The van der Waals surface area contributed by atoms with E-state index in [1.807, 2.05) is 0 Å². The third-order valence-electron chi connectivity index (χ3n) is 3.22. The Morgan fingerprint density at radius 1 is 1.37 bits per heavy atom. The zero-order valence-electron chi connectivity index (χ0n) is 10.9. The predicted octanol–water partition coefficient (Wildman–Crippen LogP) is 0.833. The van der Waals surface area contributed by atoms with Crippen molar-refractivity contribution in [2.45, 2.75) is 12.8 Å². The van der Waals surface area contributed by atoms with Crippen LogP contribution < -0.4 is 0 Å². The average molecular weight is 272 g/mol. The van der Waals surface area contributed by atoms with Crippen LogP contribution in [0.4, 0.5) is 8.78 Å². The van der Waals surface area contributed by atoms with Crippen molar-refractivity contribution in [1.29, 1.82) is 0 Å². The number of rotatable bonds is 3. The van der Waals surface area contributed by atoms with Gasteiger partial charge in [-0.15, -0.1) is 0 Å². The van der Waals surface area contributed by atoms with Crippen molar-refractivity contribution >= 4 is 5.91 Å². The van der Waals surface area contributed by atoms with E-state index in [-0.39, 0.29) is 12.5 Å². The van der Waals surface area contributed by atoms with Crippen LogP contribution in [0.3, 0.4) is 0 Å². The second kappa shape index (κ2) is 6.10. The molecule has 0 aliphatic carbocycles. The summed E-state index contributed by atoms with van der Waals surface area (Å²) in [7, 11) is 1.75. The molecule has 0 N–H and O–H groups in total. The maximum absolute atomic E-state index is 12.3. The molecule has 7 heteroatoms. The molecule has 1 aromatic rings. The monoisotopic (exact) mass is 272 g/mol. The van der Waals surface area contributed by atoms with E-state index in [0.29, 0.717) is 31.7 Å². The van der Waals surface area contributed by atoms with E-state index in [0.717, 1.165) is 6.42 Å². The summed E-state index contributed by atoms with van der Waals surface area (Å²) in [5, 5.41) is 3.97. The molecule has 1 amide bonds. The van der Waals surface area contributed by atoms with Crippen molar-refractivity contribution in [3.8, 4) is 0 Å². The van der Waals surface area contributed by atoms with Gasteiger partial charge in [0.1, 0.15) is 0 Å². The van der Waals surface area contributed by atoms with E-state index in [1.165, 1.54) is 6.20 Å². The molecule has 1 aliphatic rings. The average Bonchev–Trinajstić information content (AvgIpc) is 2.65. The molecular formula is C12H18F2N4O. The van der Waals surface area contributed by atoms with Crippen LogP contribution >= 0.6 is 0 Å². The highest BCUT2D eigenvalue weighted by atomic mass is 19.3. The highest BCUT2D eigenvalue weighted by Gasteiger charge is 2.22. The van der Waals surface area contributed by atoms with Crippen LogP contribution in [0, 0.1) is 0 Å². The van der Waals surface area contributed by atoms with Crippen LogP contribution in [0.1, 0.15) is 16.8 Å². The zero-order chi connectivity index (χ0) is 13.8. The molecule has 1 aromatic heterocycles. The Hall–Kier alpha value is -1.50. The molecule has 0 saturated carbocycles. The van der Waals surface area contributed by atoms with Gasteiger partial charge in [0.05, 0.1) is 18.3 Å². The lowest BCUT2D eigenvalue weighted by Gasteiger charge is -2.21. The second-order valence-electron chi connectivity index (χ2n) is 4.74. The Morgan fingerprint density at radius 3 is 2.79 bits per heavy atom. The summed E-state index contributed by atoms with van der Waals surface area (Å²) in [6.07, 6.45) is 1.60. The van der Waals surface area contributed by atoms with E-state index in [4.69, 9.17) is 0 Å². The molecule has 1 saturated heterocycles. The number of aryl methyl sites for hydroxylation is 1. The Labute approximate surface area is 110 Å². The third-order valence-corrected chi connectivity index (χ3v) is 3.22. The molecule has 5 nitrogen and oxygen atoms in total. The molecule has 1 aliphatic heterocycles. The van der Waals surface area contributed by atoms with Crippen molar-refractivity contribution in [3.05, 3.63) is 18.0 Å². The number of amides is 1.